The van der Waals surface area contributed by atoms with Gasteiger partial charge >= 0.3 is 0 Å². The lowest BCUT2D eigenvalue weighted by Crippen LogP contribution is -2.38. The van der Waals surface area contributed by atoms with Crippen molar-refractivity contribution in [2.75, 3.05) is 7.11 Å². The highest BCUT2D eigenvalue weighted by Gasteiger charge is 2.30. The van der Waals surface area contributed by atoms with Gasteiger partial charge in [0.1, 0.15) is 17.7 Å². The minimum Gasteiger partial charge on any atom is -0.496 e. The van der Waals surface area contributed by atoms with Crippen LogP contribution < -0.4 is 14.8 Å². The highest BCUT2D eigenvalue weighted by molar-refractivity contribution is 6.04. The van der Waals surface area contributed by atoms with Crippen molar-refractivity contribution in [3.63, 3.8) is 0 Å². The Morgan fingerprint density at radius 2 is 2.11 bits per heavy atom. The van der Waals surface area contributed by atoms with Gasteiger partial charge in [0.2, 0.25) is 11.6 Å². The van der Waals surface area contributed by atoms with Gasteiger partial charge in [0.05, 0.1) is 18.9 Å². The first kappa shape index (κ1) is 18.0. The highest BCUT2D eigenvalue weighted by atomic mass is 19.1. The Morgan fingerprint density at radius 3 is 2.82 bits per heavy atom. The third-order valence-corrected chi connectivity index (χ3v) is 4.31. The van der Waals surface area contributed by atoms with Crippen molar-refractivity contribution in [3.8, 4) is 11.6 Å². The molecular formula is C19H20FN5O3. The summed E-state index contributed by atoms with van der Waals surface area (Å²) in [6.45, 7) is 5.54. The van der Waals surface area contributed by atoms with Crippen LogP contribution in [0.4, 0.5) is 4.39 Å². The average molecular weight is 385 g/mol. The van der Waals surface area contributed by atoms with Crippen molar-refractivity contribution in [2.45, 2.75) is 32.6 Å². The lowest BCUT2D eigenvalue weighted by atomic mass is 10.1. The predicted molar refractivity (Wildman–Crippen MR) is 99.8 cm³/mol. The molecule has 0 aliphatic carbocycles. The normalized spacial score (nSPS) is 16.2. The molecule has 3 heterocycles. The zero-order valence-corrected chi connectivity index (χ0v) is 15.9. The Morgan fingerprint density at radius 1 is 1.29 bits per heavy atom. The molecule has 3 aromatic rings. The van der Waals surface area contributed by atoms with Gasteiger partial charge in [-0.15, -0.1) is 0 Å². The minimum absolute atomic E-state index is 0.360. The zero-order chi connectivity index (χ0) is 19.9. The summed E-state index contributed by atoms with van der Waals surface area (Å²) in [4.78, 5) is 9.88. The van der Waals surface area contributed by atoms with Crippen molar-refractivity contribution >= 4 is 11.5 Å². The molecule has 1 atom stereocenters. The fourth-order valence-electron chi connectivity index (χ4n) is 2.96. The van der Waals surface area contributed by atoms with Crippen LogP contribution in [0.15, 0.2) is 41.8 Å². The third-order valence-electron chi connectivity index (χ3n) is 4.31. The topological polar surface area (TPSA) is 82.3 Å². The molecule has 0 saturated carbocycles. The van der Waals surface area contributed by atoms with E-state index in [0.717, 1.165) is 0 Å². The van der Waals surface area contributed by atoms with Crippen molar-refractivity contribution in [2.24, 2.45) is 5.16 Å². The molecule has 1 unspecified atom stereocenters. The van der Waals surface area contributed by atoms with Crippen LogP contribution in [0.2, 0.25) is 0 Å². The molecule has 1 aromatic carbocycles. The lowest BCUT2D eigenvalue weighted by Gasteiger charge is -2.17. The molecule has 0 spiro atoms. The molecule has 0 bridgehead atoms. The Hall–Kier alpha value is -3.36. The van der Waals surface area contributed by atoms with E-state index in [2.05, 4.69) is 20.6 Å². The lowest BCUT2D eigenvalue weighted by molar-refractivity contribution is -0.00234. The second-order valence-electron chi connectivity index (χ2n) is 6.91. The number of halogens is 1. The van der Waals surface area contributed by atoms with Crippen LogP contribution in [0.5, 0.6) is 11.6 Å². The summed E-state index contributed by atoms with van der Waals surface area (Å²) in [6, 6.07) is 6.00. The molecule has 146 valence electrons. The maximum atomic E-state index is 13.7. The number of ether oxygens (including phenoxy) is 2. The first-order valence-corrected chi connectivity index (χ1v) is 8.75. The summed E-state index contributed by atoms with van der Waals surface area (Å²) < 4.78 is 26.5. The number of benzene rings is 1. The van der Waals surface area contributed by atoms with Crippen LogP contribution in [0.3, 0.4) is 0 Å². The van der Waals surface area contributed by atoms with Gasteiger partial charge in [-0.25, -0.2) is 8.91 Å². The molecule has 28 heavy (non-hydrogen) atoms. The fourth-order valence-corrected chi connectivity index (χ4v) is 2.96. The van der Waals surface area contributed by atoms with Crippen LogP contribution in [0, 0.1) is 5.82 Å². The first-order chi connectivity index (χ1) is 13.4. The van der Waals surface area contributed by atoms with Crippen LogP contribution >= 0.6 is 0 Å². The van der Waals surface area contributed by atoms with Crippen molar-refractivity contribution in [1.82, 2.24) is 19.9 Å². The molecule has 8 nitrogen and oxygen atoms in total. The maximum absolute atomic E-state index is 13.7. The van der Waals surface area contributed by atoms with E-state index in [9.17, 15) is 4.39 Å². The molecule has 1 N–H and O–H groups in total. The summed E-state index contributed by atoms with van der Waals surface area (Å²) in [6.07, 6.45) is 2.91. The van der Waals surface area contributed by atoms with Crippen LogP contribution in [0.25, 0.3) is 5.65 Å². The molecule has 9 heteroatoms. The summed E-state index contributed by atoms with van der Waals surface area (Å²) in [5.41, 5.74) is 1.24. The van der Waals surface area contributed by atoms with E-state index in [1.165, 1.54) is 19.2 Å². The summed E-state index contributed by atoms with van der Waals surface area (Å²) >= 11 is 0. The Balaban J connectivity index is 1.64. The first-order valence-electron chi connectivity index (χ1n) is 8.75. The second kappa shape index (κ2) is 6.66. The average Bonchev–Trinajstić information content (AvgIpc) is 3.24. The Kier molecular flexibility index (Phi) is 4.29. The number of aromatic nitrogens is 3. The monoisotopic (exact) mass is 385 g/mol. The number of nitrogens with one attached hydrogen (secondary N) is 1. The summed E-state index contributed by atoms with van der Waals surface area (Å²) in [7, 11) is 1.53. The van der Waals surface area contributed by atoms with Gasteiger partial charge in [-0.2, -0.15) is 10.1 Å². The number of oxime groups is 1. The van der Waals surface area contributed by atoms with Gasteiger partial charge in [0.25, 0.3) is 0 Å². The van der Waals surface area contributed by atoms with E-state index in [1.807, 2.05) is 13.8 Å². The van der Waals surface area contributed by atoms with Crippen LogP contribution in [-0.4, -0.2) is 33.3 Å². The van der Waals surface area contributed by atoms with Gasteiger partial charge in [0, 0.05) is 17.8 Å². The van der Waals surface area contributed by atoms with Crippen LogP contribution in [-0.2, 0) is 4.84 Å². The van der Waals surface area contributed by atoms with Gasteiger partial charge in [0.15, 0.2) is 11.5 Å². The van der Waals surface area contributed by atoms with E-state index < -0.39 is 11.8 Å². The van der Waals surface area contributed by atoms with E-state index in [-0.39, 0.29) is 5.82 Å². The van der Waals surface area contributed by atoms with E-state index in [0.29, 0.717) is 34.2 Å². The third kappa shape index (κ3) is 3.30. The number of rotatable bonds is 5. The van der Waals surface area contributed by atoms with Crippen molar-refractivity contribution < 1.29 is 18.7 Å². The number of methoxy groups -OCH3 is 1. The molecule has 0 fully saturated rings. The number of amidine groups is 1. The summed E-state index contributed by atoms with van der Waals surface area (Å²) in [5, 5.41) is 11.5. The van der Waals surface area contributed by atoms with Gasteiger partial charge in [-0.05, 0) is 39.0 Å². The van der Waals surface area contributed by atoms with Gasteiger partial charge in [-0.1, -0.05) is 5.16 Å². The smallest absolute Gasteiger partial charge is 0.217 e. The number of nitrogens with zero attached hydrogens (tertiary/aromatic N) is 4. The van der Waals surface area contributed by atoms with Gasteiger partial charge < -0.3 is 19.6 Å². The number of hydrogen-bond donors (Lipinski definition) is 1. The number of fused-ring (bicyclic) bond motifs is 1. The second-order valence-corrected chi connectivity index (χ2v) is 6.91. The van der Waals surface area contributed by atoms with Crippen molar-refractivity contribution in [1.29, 1.82) is 0 Å². The summed E-state index contributed by atoms with van der Waals surface area (Å²) in [5.74, 6) is 1.10. The van der Waals surface area contributed by atoms with E-state index >= 15 is 0 Å². The van der Waals surface area contributed by atoms with Gasteiger partial charge in [-0.3, -0.25) is 0 Å². The molecule has 0 amide bonds. The standard InChI is InChI=1S/C19H20FN5O3/c1-11(13-9-12(20)5-6-15(13)26-4)27-16-7-8-25-18(22-16)14(10-21-25)17-23-19(2,3)28-24-17/h5-11H,1-4H3,(H,23,24). The van der Waals surface area contributed by atoms with Crippen molar-refractivity contribution in [3.05, 3.63) is 53.6 Å². The fraction of sp³-hybridized carbons (Fsp3) is 0.316. The molecule has 4 rings (SSSR count). The van der Waals surface area contributed by atoms with E-state index in [1.54, 1.807) is 36.0 Å². The quantitative estimate of drug-likeness (QED) is 0.727. The Bertz CT molecular complexity index is 1060. The molecular weight excluding hydrogens is 365 g/mol. The zero-order valence-electron chi connectivity index (χ0n) is 15.9. The van der Waals surface area contributed by atoms with Crippen LogP contribution in [0.1, 0.15) is 38.0 Å². The predicted octanol–water partition coefficient (Wildman–Crippen LogP) is 3.03. The molecule has 1 aliphatic heterocycles. The van der Waals surface area contributed by atoms with E-state index in [4.69, 9.17) is 14.3 Å². The SMILES string of the molecule is COc1ccc(F)cc1C(C)Oc1ccn2ncc(C3=NOC(C)(C)N3)c2n1. The molecule has 1 aliphatic rings. The number of hydrogen-bond acceptors (Lipinski definition) is 7. The molecule has 0 radical (unpaired) electrons. The Labute approximate surface area is 160 Å². The molecule has 2 aromatic heterocycles. The highest BCUT2D eigenvalue weighted by Crippen LogP contribution is 2.29. The minimum atomic E-state index is -0.597. The maximum Gasteiger partial charge on any atom is 0.217 e. The molecule has 0 saturated heterocycles. The largest absolute Gasteiger partial charge is 0.496 e.